The summed E-state index contributed by atoms with van der Waals surface area (Å²) in [6.07, 6.45) is 0.740. The molecule has 0 heterocycles. The molecule has 0 bridgehead atoms. The molecule has 6 nitrogen and oxygen atoms in total. The van der Waals surface area contributed by atoms with E-state index < -0.39 is 18.2 Å². The maximum atomic E-state index is 12.3. The Hall–Kier alpha value is -1.84. The number of nitrogens with one attached hydrogen (secondary N) is 1. The molecule has 0 unspecified atom stereocenters. The molecule has 0 radical (unpaired) electrons. The predicted molar refractivity (Wildman–Crippen MR) is 112 cm³/mol. The first kappa shape index (κ1) is 21.5. The fraction of sp³-hybridized carbons (Fsp3) is 0.111. The number of carbonyl (C=O) groups excluding carboxylic acids is 1. The third-order valence-electron chi connectivity index (χ3n) is 3.36. The number of carboxylic acids is 1. The van der Waals surface area contributed by atoms with Crippen LogP contribution in [0.3, 0.4) is 0 Å². The molecule has 2 rings (SSSR count). The highest BCUT2D eigenvalue weighted by molar-refractivity contribution is 9.11. The lowest BCUT2D eigenvalue weighted by molar-refractivity contribution is -0.131. The first-order chi connectivity index (χ1) is 12.8. The van der Waals surface area contributed by atoms with Gasteiger partial charge in [-0.3, -0.25) is 5.32 Å². The van der Waals surface area contributed by atoms with Gasteiger partial charge < -0.3 is 14.9 Å². The Morgan fingerprint density at radius 3 is 2.41 bits per heavy atom. The van der Waals surface area contributed by atoms with E-state index in [1.54, 1.807) is 36.4 Å². The number of ether oxygens (including phenoxy) is 1. The zero-order chi connectivity index (χ0) is 20.0. The Bertz CT molecular complexity index is 868. The number of carboxylic acid groups (broad SMARTS) is 1. The van der Waals surface area contributed by atoms with Crippen LogP contribution in [0.15, 0.2) is 62.0 Å². The smallest absolute Gasteiger partial charge is 0.412 e. The first-order valence-electron chi connectivity index (χ1n) is 7.57. The van der Waals surface area contributed by atoms with E-state index in [9.17, 15) is 14.7 Å². The molecular weight excluding hydrogens is 550 g/mol. The van der Waals surface area contributed by atoms with Crippen LogP contribution in [0.1, 0.15) is 18.1 Å². The summed E-state index contributed by atoms with van der Waals surface area (Å²) < 4.78 is 7.37. The molecule has 2 aromatic carbocycles. The number of phenolic OH excluding ortho intramolecular Hbond substituents is 1. The van der Waals surface area contributed by atoms with Crippen LogP contribution in [-0.2, 0) is 9.53 Å². The van der Waals surface area contributed by atoms with E-state index in [4.69, 9.17) is 9.84 Å². The number of carbonyl (C=O) groups is 2. The van der Waals surface area contributed by atoms with Crippen LogP contribution >= 0.6 is 47.8 Å². The van der Waals surface area contributed by atoms with Crippen LogP contribution in [0.25, 0.3) is 0 Å². The van der Waals surface area contributed by atoms with Crippen molar-refractivity contribution in [2.75, 3.05) is 5.32 Å². The van der Waals surface area contributed by atoms with Crippen LogP contribution in [0.2, 0.25) is 0 Å². The number of aliphatic carboxylic acids is 1. The van der Waals surface area contributed by atoms with Crippen LogP contribution in [-0.4, -0.2) is 22.3 Å². The lowest BCUT2D eigenvalue weighted by Gasteiger charge is -2.19. The molecule has 0 saturated heterocycles. The van der Waals surface area contributed by atoms with Gasteiger partial charge in [0.25, 0.3) is 0 Å². The normalized spacial score (nSPS) is 12.0. The summed E-state index contributed by atoms with van der Waals surface area (Å²) in [6.45, 7) is 0. The number of halogens is 3. The average molecular weight is 564 g/mol. The maximum Gasteiger partial charge on any atom is 0.412 e. The zero-order valence-corrected chi connectivity index (χ0v) is 18.4. The third kappa shape index (κ3) is 6.67. The summed E-state index contributed by atoms with van der Waals surface area (Å²) in [6, 6.07) is 10.2. The molecule has 0 aliphatic heterocycles. The summed E-state index contributed by atoms with van der Waals surface area (Å²) >= 11 is 9.86. The monoisotopic (exact) mass is 561 g/mol. The standard InChI is InChI=1S/C18H14Br3NO5/c19-10-4-6-12(7-5-10)22-18(26)27-15(2-1-3-16(23)24)13-8-11(20)9-14(21)17(13)25/h1,3-9,15,25H,2H2,(H,22,26)(H,23,24)/b3-1+/t15-/m0/s1. The van der Waals surface area contributed by atoms with E-state index in [0.29, 0.717) is 20.2 Å². The zero-order valence-electron chi connectivity index (χ0n) is 13.7. The van der Waals surface area contributed by atoms with Crippen molar-refractivity contribution < 1.29 is 24.5 Å². The van der Waals surface area contributed by atoms with Gasteiger partial charge in [0.2, 0.25) is 0 Å². The van der Waals surface area contributed by atoms with Crippen molar-refractivity contribution in [1.29, 1.82) is 0 Å². The topological polar surface area (TPSA) is 95.9 Å². The largest absolute Gasteiger partial charge is 0.506 e. The van der Waals surface area contributed by atoms with Crippen molar-refractivity contribution in [3.05, 3.63) is 67.5 Å². The van der Waals surface area contributed by atoms with Crippen LogP contribution in [0.5, 0.6) is 5.75 Å². The van der Waals surface area contributed by atoms with E-state index in [2.05, 4.69) is 53.1 Å². The molecule has 0 aromatic heterocycles. The lowest BCUT2D eigenvalue weighted by atomic mass is 10.0. The highest BCUT2D eigenvalue weighted by atomic mass is 79.9. The van der Waals surface area contributed by atoms with Gasteiger partial charge in [-0.05, 0) is 52.3 Å². The van der Waals surface area contributed by atoms with Gasteiger partial charge >= 0.3 is 12.1 Å². The molecule has 0 spiro atoms. The van der Waals surface area contributed by atoms with Crippen molar-refractivity contribution in [2.24, 2.45) is 0 Å². The number of anilines is 1. The Morgan fingerprint density at radius 2 is 1.78 bits per heavy atom. The van der Waals surface area contributed by atoms with Crippen molar-refractivity contribution in [2.45, 2.75) is 12.5 Å². The SMILES string of the molecule is O=C(O)/C=C/C[C@H](OC(=O)Nc1ccc(Br)cc1)c1cc(Br)cc(Br)c1O. The van der Waals surface area contributed by atoms with E-state index in [1.807, 2.05) is 0 Å². The molecule has 1 atom stereocenters. The molecule has 27 heavy (non-hydrogen) atoms. The number of aromatic hydroxyl groups is 1. The molecule has 0 aliphatic rings. The van der Waals surface area contributed by atoms with E-state index in [0.717, 1.165) is 10.5 Å². The van der Waals surface area contributed by atoms with Crippen LogP contribution in [0, 0.1) is 0 Å². The second kappa shape index (κ2) is 9.91. The third-order valence-corrected chi connectivity index (χ3v) is 4.95. The Labute approximate surface area is 180 Å². The minimum Gasteiger partial charge on any atom is -0.506 e. The van der Waals surface area contributed by atoms with Crippen molar-refractivity contribution in [1.82, 2.24) is 0 Å². The molecule has 0 aliphatic carbocycles. The lowest BCUT2D eigenvalue weighted by Crippen LogP contribution is -2.17. The van der Waals surface area contributed by atoms with Crippen LogP contribution < -0.4 is 5.32 Å². The summed E-state index contributed by atoms with van der Waals surface area (Å²) in [5.41, 5.74) is 0.861. The van der Waals surface area contributed by atoms with Crippen molar-refractivity contribution in [3.63, 3.8) is 0 Å². The predicted octanol–water partition coefficient (Wildman–Crippen LogP) is 6.00. The second-order valence-electron chi connectivity index (χ2n) is 5.33. The van der Waals surface area contributed by atoms with Crippen molar-refractivity contribution in [3.8, 4) is 5.75 Å². The molecule has 0 saturated carbocycles. The van der Waals surface area contributed by atoms with Gasteiger partial charge in [-0.1, -0.05) is 37.9 Å². The maximum absolute atomic E-state index is 12.3. The molecule has 142 valence electrons. The Kier molecular flexibility index (Phi) is 7.88. The van der Waals surface area contributed by atoms with E-state index >= 15 is 0 Å². The summed E-state index contributed by atoms with van der Waals surface area (Å²) in [7, 11) is 0. The van der Waals surface area contributed by atoms with Crippen LogP contribution in [0.4, 0.5) is 10.5 Å². The summed E-state index contributed by atoms with van der Waals surface area (Å²) in [5.74, 6) is -1.21. The van der Waals surface area contributed by atoms with Gasteiger partial charge in [0.15, 0.2) is 0 Å². The molecule has 0 fully saturated rings. The Balaban J connectivity index is 2.23. The highest BCUT2D eigenvalue weighted by Gasteiger charge is 2.21. The fourth-order valence-corrected chi connectivity index (χ4v) is 3.69. The molecule has 2 aromatic rings. The van der Waals surface area contributed by atoms with E-state index in [-0.39, 0.29) is 12.2 Å². The van der Waals surface area contributed by atoms with Gasteiger partial charge in [-0.2, -0.15) is 0 Å². The second-order valence-corrected chi connectivity index (χ2v) is 8.01. The number of hydrogen-bond donors (Lipinski definition) is 3. The fourth-order valence-electron chi connectivity index (χ4n) is 2.17. The van der Waals surface area contributed by atoms with Gasteiger partial charge in [-0.25, -0.2) is 9.59 Å². The van der Waals surface area contributed by atoms with Gasteiger partial charge in [-0.15, -0.1) is 0 Å². The Morgan fingerprint density at radius 1 is 1.11 bits per heavy atom. The molecule has 9 heteroatoms. The number of hydrogen-bond acceptors (Lipinski definition) is 4. The van der Waals surface area contributed by atoms with Gasteiger partial charge in [0.05, 0.1) is 4.47 Å². The summed E-state index contributed by atoms with van der Waals surface area (Å²) in [5, 5.41) is 21.7. The quantitative estimate of drug-likeness (QED) is 0.375. The average Bonchev–Trinajstić information content (AvgIpc) is 2.59. The number of rotatable bonds is 6. The summed E-state index contributed by atoms with van der Waals surface area (Å²) in [4.78, 5) is 23.0. The highest BCUT2D eigenvalue weighted by Crippen LogP contribution is 2.38. The minimum atomic E-state index is -1.12. The number of amides is 1. The minimum absolute atomic E-state index is 0.0660. The number of benzene rings is 2. The van der Waals surface area contributed by atoms with Gasteiger partial charge in [0, 0.05) is 32.7 Å². The van der Waals surface area contributed by atoms with E-state index in [1.165, 1.54) is 6.08 Å². The molecular formula is C18H14Br3NO5. The first-order valence-corrected chi connectivity index (χ1v) is 9.94. The molecule has 3 N–H and O–H groups in total. The van der Waals surface area contributed by atoms with Crippen molar-refractivity contribution >= 4 is 65.5 Å². The van der Waals surface area contributed by atoms with Gasteiger partial charge in [0.1, 0.15) is 11.9 Å². The number of phenols is 1. The molecule has 1 amide bonds.